The zero-order valence-electron chi connectivity index (χ0n) is 11.1. The lowest BCUT2D eigenvalue weighted by molar-refractivity contribution is -0.117. The van der Waals surface area contributed by atoms with E-state index >= 15 is 0 Å². The number of rotatable bonds is 4. The van der Waals surface area contributed by atoms with Crippen LogP contribution >= 0.6 is 12.2 Å². The van der Waals surface area contributed by atoms with Gasteiger partial charge in [-0.3, -0.25) is 4.79 Å². The highest BCUT2D eigenvalue weighted by atomic mass is 32.1. The first-order valence-corrected chi connectivity index (χ1v) is 7.02. The normalized spacial score (nSPS) is 14.6. The summed E-state index contributed by atoms with van der Waals surface area (Å²) in [6, 6.07) is 8.05. The highest BCUT2D eigenvalue weighted by molar-refractivity contribution is 7.80. The molecule has 1 aliphatic rings. The Morgan fingerprint density at radius 3 is 2.63 bits per heavy atom. The first kappa shape index (κ1) is 13.8. The summed E-state index contributed by atoms with van der Waals surface area (Å²) in [5.74, 6) is 0.221. The van der Waals surface area contributed by atoms with Gasteiger partial charge >= 0.3 is 0 Å². The van der Waals surface area contributed by atoms with Gasteiger partial charge in [0.25, 0.3) is 0 Å². The summed E-state index contributed by atoms with van der Waals surface area (Å²) in [4.78, 5) is 13.5. The molecular formula is C14H19N3OS. The number of hydrogen-bond acceptors (Lipinski definition) is 2. The minimum Gasteiger partial charge on any atom is -0.363 e. The van der Waals surface area contributed by atoms with Crippen molar-refractivity contribution in [3.63, 3.8) is 0 Å². The van der Waals surface area contributed by atoms with Crippen molar-refractivity contribution in [3.05, 3.63) is 29.8 Å². The summed E-state index contributed by atoms with van der Waals surface area (Å²) < 4.78 is 0. The molecule has 0 aromatic heterocycles. The zero-order chi connectivity index (χ0) is 13.7. The lowest BCUT2D eigenvalue weighted by Crippen LogP contribution is -2.34. The molecule has 1 heterocycles. The van der Waals surface area contributed by atoms with E-state index in [-0.39, 0.29) is 5.91 Å². The highest BCUT2D eigenvalue weighted by Gasteiger charge is 2.21. The van der Waals surface area contributed by atoms with E-state index in [2.05, 4.69) is 10.6 Å². The van der Waals surface area contributed by atoms with Crippen molar-refractivity contribution in [2.75, 3.05) is 18.0 Å². The Kier molecular flexibility index (Phi) is 4.74. The smallest absolute Gasteiger partial charge is 0.227 e. The third-order valence-electron chi connectivity index (χ3n) is 3.11. The van der Waals surface area contributed by atoms with Crippen LogP contribution in [-0.4, -0.2) is 24.1 Å². The predicted octanol–water partition coefficient (Wildman–Crippen LogP) is 1.80. The second kappa shape index (κ2) is 6.52. The molecule has 4 nitrogen and oxygen atoms in total. The highest BCUT2D eigenvalue weighted by Crippen LogP contribution is 2.21. The largest absolute Gasteiger partial charge is 0.363 e. The van der Waals surface area contributed by atoms with Gasteiger partial charge in [-0.25, -0.2) is 0 Å². The molecule has 0 atom stereocenters. The van der Waals surface area contributed by atoms with Crippen molar-refractivity contribution in [2.24, 2.45) is 0 Å². The fourth-order valence-electron chi connectivity index (χ4n) is 2.12. The summed E-state index contributed by atoms with van der Waals surface area (Å²) in [5.41, 5.74) is 2.14. The van der Waals surface area contributed by atoms with Gasteiger partial charge in [0.1, 0.15) is 0 Å². The third kappa shape index (κ3) is 3.67. The summed E-state index contributed by atoms with van der Waals surface area (Å²) in [7, 11) is 0. The molecule has 19 heavy (non-hydrogen) atoms. The molecule has 0 bridgehead atoms. The van der Waals surface area contributed by atoms with Gasteiger partial charge in [0.2, 0.25) is 5.91 Å². The number of anilines is 1. The predicted molar refractivity (Wildman–Crippen MR) is 81.1 cm³/mol. The molecule has 0 radical (unpaired) electrons. The molecule has 0 spiro atoms. The van der Waals surface area contributed by atoms with E-state index in [0.29, 0.717) is 18.1 Å². The van der Waals surface area contributed by atoms with Crippen LogP contribution in [0.1, 0.15) is 25.3 Å². The minimum atomic E-state index is 0.221. The molecule has 5 heteroatoms. The fraction of sp³-hybridized carbons (Fsp3) is 0.429. The molecule has 1 amide bonds. The lowest BCUT2D eigenvalue weighted by Gasteiger charge is -2.16. The minimum absolute atomic E-state index is 0.221. The average Bonchev–Trinajstić information content (AvgIpc) is 2.84. The van der Waals surface area contributed by atoms with E-state index in [1.165, 1.54) is 0 Å². The maximum absolute atomic E-state index is 11.6. The zero-order valence-corrected chi connectivity index (χ0v) is 11.9. The van der Waals surface area contributed by atoms with Gasteiger partial charge in [0.05, 0.1) is 0 Å². The molecule has 1 aromatic rings. The van der Waals surface area contributed by atoms with E-state index in [1.54, 1.807) is 0 Å². The number of amides is 1. The van der Waals surface area contributed by atoms with Crippen LogP contribution in [0, 0.1) is 0 Å². The Labute approximate surface area is 119 Å². The van der Waals surface area contributed by atoms with E-state index in [4.69, 9.17) is 12.2 Å². The first-order valence-electron chi connectivity index (χ1n) is 6.61. The number of carbonyl (C=O) groups excluding carboxylic acids is 1. The maximum Gasteiger partial charge on any atom is 0.227 e. The van der Waals surface area contributed by atoms with E-state index in [9.17, 15) is 4.79 Å². The van der Waals surface area contributed by atoms with Gasteiger partial charge in [0, 0.05) is 31.7 Å². The standard InChI is InChI=1S/C14H19N3OS/c1-2-15-14(19)16-10-11-5-7-12(8-6-11)17-9-3-4-13(17)18/h5-8H,2-4,9-10H2,1H3,(H2,15,16,19). The Morgan fingerprint density at radius 1 is 1.32 bits per heavy atom. The molecule has 102 valence electrons. The Bertz CT molecular complexity index is 458. The van der Waals surface area contributed by atoms with Crippen molar-refractivity contribution in [2.45, 2.75) is 26.3 Å². The molecule has 1 fully saturated rings. The number of benzene rings is 1. The summed E-state index contributed by atoms with van der Waals surface area (Å²) in [6.07, 6.45) is 1.62. The number of nitrogens with zero attached hydrogens (tertiary/aromatic N) is 1. The number of carbonyl (C=O) groups is 1. The van der Waals surface area contributed by atoms with Crippen molar-refractivity contribution in [1.29, 1.82) is 0 Å². The van der Waals surface area contributed by atoms with Crippen LogP contribution in [0.25, 0.3) is 0 Å². The van der Waals surface area contributed by atoms with Gasteiger partial charge < -0.3 is 15.5 Å². The number of hydrogen-bond donors (Lipinski definition) is 2. The maximum atomic E-state index is 11.6. The van der Waals surface area contributed by atoms with Gasteiger partial charge in [0.15, 0.2) is 5.11 Å². The summed E-state index contributed by atoms with van der Waals surface area (Å²) in [5, 5.41) is 6.85. The van der Waals surface area contributed by atoms with E-state index in [0.717, 1.165) is 30.8 Å². The van der Waals surface area contributed by atoms with Crippen LogP contribution in [-0.2, 0) is 11.3 Å². The van der Waals surface area contributed by atoms with Gasteiger partial charge in [-0.2, -0.15) is 0 Å². The van der Waals surface area contributed by atoms with Crippen LogP contribution < -0.4 is 15.5 Å². The van der Waals surface area contributed by atoms with Crippen LogP contribution in [0.5, 0.6) is 0 Å². The fourth-order valence-corrected chi connectivity index (χ4v) is 2.34. The number of thiocarbonyl (C=S) groups is 1. The first-order chi connectivity index (χ1) is 9.20. The van der Waals surface area contributed by atoms with Crippen molar-refractivity contribution < 1.29 is 4.79 Å². The number of nitrogens with one attached hydrogen (secondary N) is 2. The molecule has 0 unspecified atom stereocenters. The molecule has 0 saturated carbocycles. The second-order valence-electron chi connectivity index (χ2n) is 4.53. The molecule has 1 saturated heterocycles. The molecule has 1 aliphatic heterocycles. The van der Waals surface area contributed by atoms with Crippen LogP contribution in [0.3, 0.4) is 0 Å². The van der Waals surface area contributed by atoms with Crippen molar-refractivity contribution in [3.8, 4) is 0 Å². The van der Waals surface area contributed by atoms with Gasteiger partial charge in [-0.1, -0.05) is 12.1 Å². The average molecular weight is 277 g/mol. The molecule has 1 aromatic carbocycles. The van der Waals surface area contributed by atoms with E-state index in [1.807, 2.05) is 36.1 Å². The third-order valence-corrected chi connectivity index (χ3v) is 3.40. The van der Waals surface area contributed by atoms with Crippen LogP contribution in [0.15, 0.2) is 24.3 Å². The Morgan fingerprint density at radius 2 is 2.05 bits per heavy atom. The lowest BCUT2D eigenvalue weighted by atomic mass is 10.2. The second-order valence-corrected chi connectivity index (χ2v) is 4.94. The van der Waals surface area contributed by atoms with Crippen LogP contribution in [0.2, 0.25) is 0 Å². The van der Waals surface area contributed by atoms with E-state index < -0.39 is 0 Å². The van der Waals surface area contributed by atoms with Crippen LogP contribution in [0.4, 0.5) is 5.69 Å². The SMILES string of the molecule is CCNC(=S)NCc1ccc(N2CCCC2=O)cc1. The topological polar surface area (TPSA) is 44.4 Å². The molecular weight excluding hydrogens is 258 g/mol. The summed E-state index contributed by atoms with van der Waals surface area (Å²) >= 11 is 5.11. The Balaban J connectivity index is 1.91. The quantitative estimate of drug-likeness (QED) is 0.824. The molecule has 2 N–H and O–H groups in total. The monoisotopic (exact) mass is 277 g/mol. The summed E-state index contributed by atoms with van der Waals surface area (Å²) in [6.45, 7) is 4.36. The Hall–Kier alpha value is -1.62. The van der Waals surface area contributed by atoms with Crippen molar-refractivity contribution in [1.82, 2.24) is 10.6 Å². The van der Waals surface area contributed by atoms with Crippen molar-refractivity contribution >= 4 is 28.9 Å². The molecule has 0 aliphatic carbocycles. The van der Waals surface area contributed by atoms with Gasteiger partial charge in [-0.15, -0.1) is 0 Å². The van der Waals surface area contributed by atoms with Gasteiger partial charge in [-0.05, 0) is 43.3 Å². The molecule has 2 rings (SSSR count).